The van der Waals surface area contributed by atoms with E-state index < -0.39 is 0 Å². The Hall–Kier alpha value is -2.42. The summed E-state index contributed by atoms with van der Waals surface area (Å²) in [5.41, 5.74) is 1.67. The van der Waals surface area contributed by atoms with E-state index in [2.05, 4.69) is 4.98 Å². The van der Waals surface area contributed by atoms with Crippen molar-refractivity contribution in [1.82, 2.24) is 4.98 Å². The molecule has 0 aliphatic rings. The maximum Gasteiger partial charge on any atom is 0.213 e. The Morgan fingerprint density at radius 3 is 2.56 bits per heavy atom. The van der Waals surface area contributed by atoms with Crippen LogP contribution < -0.4 is 4.74 Å². The molecule has 0 saturated carbocycles. The molecule has 0 spiro atoms. The highest BCUT2D eigenvalue weighted by Crippen LogP contribution is 2.06. The van der Waals surface area contributed by atoms with E-state index in [0.717, 1.165) is 11.8 Å². The molecule has 0 fully saturated rings. The molecular weight excluding hydrogens is 226 g/mol. The van der Waals surface area contributed by atoms with E-state index in [1.807, 2.05) is 42.5 Å². The van der Waals surface area contributed by atoms with Crippen molar-refractivity contribution in [3.63, 3.8) is 0 Å². The number of hydrogen-bond donors (Lipinski definition) is 0. The minimum Gasteiger partial charge on any atom is -0.473 e. The van der Waals surface area contributed by atoms with Crippen LogP contribution in [-0.2, 0) is 0 Å². The first-order chi connectivity index (χ1) is 8.88. The lowest BCUT2D eigenvalue weighted by molar-refractivity contribution is 0.112. The second-order valence-electron chi connectivity index (χ2n) is 3.67. The summed E-state index contributed by atoms with van der Waals surface area (Å²) in [7, 11) is 0. The molecule has 0 radical (unpaired) electrons. The van der Waals surface area contributed by atoms with Crippen LogP contribution in [0.4, 0.5) is 0 Å². The van der Waals surface area contributed by atoms with Crippen molar-refractivity contribution in [3.8, 4) is 5.88 Å². The van der Waals surface area contributed by atoms with E-state index in [0.29, 0.717) is 18.1 Å². The monoisotopic (exact) mass is 239 g/mol. The number of carbonyl (C=O) groups excluding carboxylic acids is 1. The summed E-state index contributed by atoms with van der Waals surface area (Å²) in [5.74, 6) is 0.512. The summed E-state index contributed by atoms with van der Waals surface area (Å²) >= 11 is 0. The Bertz CT molecular complexity index is 518. The summed E-state index contributed by atoms with van der Waals surface area (Å²) in [6.07, 6.45) is 6.15. The fourth-order valence-corrected chi connectivity index (χ4v) is 1.43. The Morgan fingerprint density at radius 1 is 1.06 bits per heavy atom. The first-order valence-electron chi connectivity index (χ1n) is 5.64. The van der Waals surface area contributed by atoms with Crippen LogP contribution >= 0.6 is 0 Å². The van der Waals surface area contributed by atoms with Crippen LogP contribution in [0.15, 0.2) is 54.7 Å². The van der Waals surface area contributed by atoms with Gasteiger partial charge in [-0.05, 0) is 17.7 Å². The van der Waals surface area contributed by atoms with Gasteiger partial charge in [0.1, 0.15) is 6.61 Å². The molecule has 90 valence electrons. The van der Waals surface area contributed by atoms with Gasteiger partial charge >= 0.3 is 0 Å². The van der Waals surface area contributed by atoms with E-state index in [1.165, 1.54) is 6.20 Å². The summed E-state index contributed by atoms with van der Waals surface area (Å²) in [4.78, 5) is 14.4. The molecule has 1 aromatic heterocycles. The molecule has 3 heteroatoms. The molecule has 0 N–H and O–H groups in total. The number of benzene rings is 1. The molecule has 0 aliphatic heterocycles. The van der Waals surface area contributed by atoms with Crippen LogP contribution in [0.3, 0.4) is 0 Å². The van der Waals surface area contributed by atoms with Gasteiger partial charge in [-0.3, -0.25) is 4.79 Å². The zero-order valence-electron chi connectivity index (χ0n) is 9.82. The molecule has 0 aliphatic carbocycles. The number of hydrogen-bond acceptors (Lipinski definition) is 3. The van der Waals surface area contributed by atoms with Crippen molar-refractivity contribution < 1.29 is 9.53 Å². The van der Waals surface area contributed by atoms with E-state index >= 15 is 0 Å². The lowest BCUT2D eigenvalue weighted by atomic mass is 10.2. The number of rotatable bonds is 5. The molecule has 3 nitrogen and oxygen atoms in total. The highest BCUT2D eigenvalue weighted by molar-refractivity contribution is 5.73. The minimum absolute atomic E-state index is 0.447. The Kier molecular flexibility index (Phi) is 4.25. The third-order valence-corrected chi connectivity index (χ3v) is 2.33. The predicted octanol–water partition coefficient (Wildman–Crippen LogP) is 2.99. The fourth-order valence-electron chi connectivity index (χ4n) is 1.43. The van der Waals surface area contributed by atoms with Gasteiger partial charge < -0.3 is 4.74 Å². The molecule has 1 aromatic carbocycles. The van der Waals surface area contributed by atoms with Crippen LogP contribution in [0.1, 0.15) is 15.9 Å². The molecule has 0 atom stereocenters. The Balaban J connectivity index is 1.84. The van der Waals surface area contributed by atoms with Gasteiger partial charge in [0, 0.05) is 17.8 Å². The Labute approximate surface area is 106 Å². The lowest BCUT2D eigenvalue weighted by Crippen LogP contribution is -1.96. The van der Waals surface area contributed by atoms with Crippen molar-refractivity contribution in [2.24, 2.45) is 0 Å². The Morgan fingerprint density at radius 2 is 1.89 bits per heavy atom. The zero-order chi connectivity index (χ0) is 12.6. The molecule has 0 amide bonds. The molecule has 2 aromatic rings. The van der Waals surface area contributed by atoms with Crippen molar-refractivity contribution in [1.29, 1.82) is 0 Å². The van der Waals surface area contributed by atoms with Crippen molar-refractivity contribution >= 4 is 12.4 Å². The molecule has 18 heavy (non-hydrogen) atoms. The number of nitrogens with zero attached hydrogens (tertiary/aromatic N) is 1. The van der Waals surface area contributed by atoms with Gasteiger partial charge in [-0.25, -0.2) is 4.98 Å². The van der Waals surface area contributed by atoms with Gasteiger partial charge in [0.25, 0.3) is 0 Å². The van der Waals surface area contributed by atoms with E-state index in [4.69, 9.17) is 4.74 Å². The largest absolute Gasteiger partial charge is 0.473 e. The van der Waals surface area contributed by atoms with Gasteiger partial charge in [-0.1, -0.05) is 36.4 Å². The highest BCUT2D eigenvalue weighted by Gasteiger charge is 1.94. The van der Waals surface area contributed by atoms with Gasteiger partial charge in [-0.2, -0.15) is 0 Å². The number of aromatic nitrogens is 1. The summed E-state index contributed by atoms with van der Waals surface area (Å²) in [5, 5.41) is 0. The van der Waals surface area contributed by atoms with Gasteiger partial charge in [0.05, 0.1) is 0 Å². The SMILES string of the molecule is O=Cc1ccc(OC/C=C/c2ccccc2)nc1. The number of carbonyl (C=O) groups is 1. The smallest absolute Gasteiger partial charge is 0.213 e. The zero-order valence-corrected chi connectivity index (χ0v) is 9.82. The molecule has 2 rings (SSSR count). The molecule has 0 bridgehead atoms. The van der Waals surface area contributed by atoms with Crippen LogP contribution in [0.2, 0.25) is 0 Å². The standard InChI is InChI=1S/C15H13NO2/c17-12-14-8-9-15(16-11-14)18-10-4-7-13-5-2-1-3-6-13/h1-9,11-12H,10H2/b7-4+. The van der Waals surface area contributed by atoms with E-state index in [-0.39, 0.29) is 0 Å². The van der Waals surface area contributed by atoms with E-state index in [9.17, 15) is 4.79 Å². The van der Waals surface area contributed by atoms with Crippen LogP contribution in [0, 0.1) is 0 Å². The second-order valence-corrected chi connectivity index (χ2v) is 3.67. The highest BCUT2D eigenvalue weighted by atomic mass is 16.5. The van der Waals surface area contributed by atoms with Crippen LogP contribution in [0.5, 0.6) is 5.88 Å². The third-order valence-electron chi connectivity index (χ3n) is 2.33. The normalized spacial score (nSPS) is 10.4. The van der Waals surface area contributed by atoms with E-state index in [1.54, 1.807) is 12.1 Å². The first-order valence-corrected chi connectivity index (χ1v) is 5.64. The summed E-state index contributed by atoms with van der Waals surface area (Å²) in [6.45, 7) is 0.447. The van der Waals surface area contributed by atoms with Crippen molar-refractivity contribution in [2.45, 2.75) is 0 Å². The maximum absolute atomic E-state index is 10.4. The lowest BCUT2D eigenvalue weighted by Gasteiger charge is -2.01. The summed E-state index contributed by atoms with van der Waals surface area (Å²) < 4.78 is 5.41. The topological polar surface area (TPSA) is 39.2 Å². The molecule has 0 saturated heterocycles. The number of ether oxygens (including phenoxy) is 1. The van der Waals surface area contributed by atoms with Gasteiger partial charge in [0.2, 0.25) is 5.88 Å². The average Bonchev–Trinajstić information content (AvgIpc) is 2.45. The van der Waals surface area contributed by atoms with Crippen molar-refractivity contribution in [3.05, 3.63) is 65.9 Å². The molecule has 1 heterocycles. The number of aldehydes is 1. The third kappa shape index (κ3) is 3.56. The fraction of sp³-hybridized carbons (Fsp3) is 0.0667. The minimum atomic E-state index is 0.447. The van der Waals surface area contributed by atoms with Gasteiger partial charge in [0.15, 0.2) is 6.29 Å². The van der Waals surface area contributed by atoms with Crippen molar-refractivity contribution in [2.75, 3.05) is 6.61 Å². The van der Waals surface area contributed by atoms with Crippen LogP contribution in [0.25, 0.3) is 6.08 Å². The average molecular weight is 239 g/mol. The maximum atomic E-state index is 10.4. The molecular formula is C15H13NO2. The predicted molar refractivity (Wildman–Crippen MR) is 70.6 cm³/mol. The quantitative estimate of drug-likeness (QED) is 0.753. The molecule has 0 unspecified atom stereocenters. The first kappa shape index (κ1) is 12.0. The summed E-state index contributed by atoms with van der Waals surface area (Å²) in [6, 6.07) is 13.4. The number of pyridine rings is 1. The van der Waals surface area contributed by atoms with Crippen LogP contribution in [-0.4, -0.2) is 17.9 Å². The second kappa shape index (κ2) is 6.35. The van der Waals surface area contributed by atoms with Gasteiger partial charge in [-0.15, -0.1) is 0 Å².